The van der Waals surface area contributed by atoms with Crippen molar-refractivity contribution in [1.29, 1.82) is 0 Å². The van der Waals surface area contributed by atoms with Crippen molar-refractivity contribution >= 4 is 5.82 Å². The van der Waals surface area contributed by atoms with E-state index in [2.05, 4.69) is 10.3 Å². The van der Waals surface area contributed by atoms with E-state index in [-0.39, 0.29) is 0 Å². The molecule has 100 valence electrons. The molecule has 1 aromatic heterocycles. The number of pyridine rings is 1. The first-order valence-corrected chi connectivity index (χ1v) is 6.04. The largest absolute Gasteiger partial charge is 0.393 e. The Kier molecular flexibility index (Phi) is 4.11. The highest BCUT2D eigenvalue weighted by molar-refractivity contribution is 5.42. The van der Waals surface area contributed by atoms with Crippen LogP contribution < -0.4 is 10.2 Å². The molecule has 0 aliphatic carbocycles. The molecule has 2 heterocycles. The Morgan fingerprint density at radius 2 is 2.44 bits per heavy atom. The molecule has 0 amide bonds. The van der Waals surface area contributed by atoms with Gasteiger partial charge < -0.3 is 20.4 Å². The predicted molar refractivity (Wildman–Crippen MR) is 65.9 cm³/mol. The molecule has 0 radical (unpaired) electrons. The molecule has 3 N–H and O–H groups in total. The van der Waals surface area contributed by atoms with E-state index in [1.54, 1.807) is 0 Å². The SMILES string of the molecule is CC1CN(c2ncc(C(O)CO)cc2F)CCN1. The zero-order valence-electron chi connectivity index (χ0n) is 10.3. The van der Waals surface area contributed by atoms with E-state index in [0.717, 1.165) is 6.54 Å². The van der Waals surface area contributed by atoms with E-state index in [4.69, 9.17) is 5.11 Å². The van der Waals surface area contributed by atoms with Gasteiger partial charge in [-0.05, 0) is 13.0 Å². The Morgan fingerprint density at radius 3 is 3.06 bits per heavy atom. The molecule has 2 atom stereocenters. The van der Waals surface area contributed by atoms with Gasteiger partial charge in [0.1, 0.15) is 6.10 Å². The molecule has 1 aliphatic heterocycles. The first-order valence-electron chi connectivity index (χ1n) is 6.04. The van der Waals surface area contributed by atoms with Crippen LogP contribution in [0.3, 0.4) is 0 Å². The minimum absolute atomic E-state index is 0.293. The number of hydrogen-bond donors (Lipinski definition) is 3. The summed E-state index contributed by atoms with van der Waals surface area (Å²) in [6.45, 7) is 3.80. The third-order valence-corrected chi connectivity index (χ3v) is 3.07. The minimum atomic E-state index is -1.08. The molecular weight excluding hydrogens is 237 g/mol. The van der Waals surface area contributed by atoms with Gasteiger partial charge in [0, 0.05) is 37.4 Å². The molecule has 0 saturated carbocycles. The summed E-state index contributed by atoms with van der Waals surface area (Å²) in [4.78, 5) is 5.94. The van der Waals surface area contributed by atoms with Crippen molar-refractivity contribution in [2.75, 3.05) is 31.1 Å². The molecule has 5 nitrogen and oxygen atoms in total. The van der Waals surface area contributed by atoms with Gasteiger partial charge in [0.2, 0.25) is 0 Å². The lowest BCUT2D eigenvalue weighted by atomic mass is 10.1. The van der Waals surface area contributed by atoms with Crippen LogP contribution in [0.15, 0.2) is 12.3 Å². The van der Waals surface area contributed by atoms with Gasteiger partial charge >= 0.3 is 0 Å². The van der Waals surface area contributed by atoms with Crippen LogP contribution in [0.5, 0.6) is 0 Å². The van der Waals surface area contributed by atoms with Gasteiger partial charge in [-0.25, -0.2) is 9.37 Å². The quantitative estimate of drug-likeness (QED) is 0.712. The Morgan fingerprint density at radius 1 is 1.67 bits per heavy atom. The van der Waals surface area contributed by atoms with Gasteiger partial charge in [0.25, 0.3) is 0 Å². The molecule has 0 bridgehead atoms. The Balaban J connectivity index is 2.19. The minimum Gasteiger partial charge on any atom is -0.393 e. The maximum Gasteiger partial charge on any atom is 0.166 e. The number of anilines is 1. The number of aromatic nitrogens is 1. The second kappa shape index (κ2) is 5.60. The van der Waals surface area contributed by atoms with Gasteiger partial charge in [-0.2, -0.15) is 0 Å². The second-order valence-electron chi connectivity index (χ2n) is 4.57. The molecule has 1 aromatic rings. The lowest BCUT2D eigenvalue weighted by molar-refractivity contribution is 0.0951. The average molecular weight is 255 g/mol. The summed E-state index contributed by atoms with van der Waals surface area (Å²) < 4.78 is 13.9. The van der Waals surface area contributed by atoms with Crippen molar-refractivity contribution in [3.05, 3.63) is 23.6 Å². The molecule has 0 aromatic carbocycles. The number of aliphatic hydroxyl groups is 2. The van der Waals surface area contributed by atoms with Crippen LogP contribution >= 0.6 is 0 Å². The summed E-state index contributed by atoms with van der Waals surface area (Å²) in [5.41, 5.74) is 0.293. The predicted octanol–water partition coefficient (Wildman–Crippen LogP) is 0.0445. The van der Waals surface area contributed by atoms with E-state index in [1.807, 2.05) is 11.8 Å². The first-order chi connectivity index (χ1) is 8.61. The van der Waals surface area contributed by atoms with Crippen LogP contribution in [0.2, 0.25) is 0 Å². The fraction of sp³-hybridized carbons (Fsp3) is 0.583. The highest BCUT2D eigenvalue weighted by Gasteiger charge is 2.20. The lowest BCUT2D eigenvalue weighted by Gasteiger charge is -2.33. The van der Waals surface area contributed by atoms with E-state index in [0.29, 0.717) is 30.5 Å². The van der Waals surface area contributed by atoms with Crippen LogP contribution in [0.4, 0.5) is 10.2 Å². The third kappa shape index (κ3) is 2.77. The number of halogens is 1. The molecule has 1 saturated heterocycles. The van der Waals surface area contributed by atoms with Crippen LogP contribution in [0.25, 0.3) is 0 Å². The van der Waals surface area contributed by atoms with Gasteiger partial charge in [0.15, 0.2) is 11.6 Å². The highest BCUT2D eigenvalue weighted by Crippen LogP contribution is 2.21. The van der Waals surface area contributed by atoms with Crippen molar-refractivity contribution in [3.8, 4) is 0 Å². The zero-order valence-corrected chi connectivity index (χ0v) is 10.3. The Hall–Kier alpha value is -1.24. The smallest absolute Gasteiger partial charge is 0.166 e. The number of piperazine rings is 1. The average Bonchev–Trinajstić information content (AvgIpc) is 2.37. The first kappa shape index (κ1) is 13.2. The molecule has 2 unspecified atom stereocenters. The van der Waals surface area contributed by atoms with E-state index < -0.39 is 18.5 Å². The van der Waals surface area contributed by atoms with E-state index in [1.165, 1.54) is 12.3 Å². The molecule has 1 aliphatic rings. The number of rotatable bonds is 3. The van der Waals surface area contributed by atoms with Crippen LogP contribution in [0, 0.1) is 5.82 Å². The lowest BCUT2D eigenvalue weighted by Crippen LogP contribution is -2.49. The normalized spacial score (nSPS) is 22.0. The van der Waals surface area contributed by atoms with Crippen LogP contribution in [-0.2, 0) is 0 Å². The fourth-order valence-electron chi connectivity index (χ4n) is 2.09. The van der Waals surface area contributed by atoms with E-state index >= 15 is 0 Å². The number of nitrogens with zero attached hydrogens (tertiary/aromatic N) is 2. The number of nitrogens with one attached hydrogen (secondary N) is 1. The molecule has 18 heavy (non-hydrogen) atoms. The van der Waals surface area contributed by atoms with E-state index in [9.17, 15) is 9.50 Å². The number of hydrogen-bond acceptors (Lipinski definition) is 5. The van der Waals surface area contributed by atoms with Crippen molar-refractivity contribution in [3.63, 3.8) is 0 Å². The summed E-state index contributed by atoms with van der Waals surface area (Å²) in [7, 11) is 0. The highest BCUT2D eigenvalue weighted by atomic mass is 19.1. The van der Waals surface area contributed by atoms with Crippen molar-refractivity contribution < 1.29 is 14.6 Å². The maximum atomic E-state index is 13.9. The monoisotopic (exact) mass is 255 g/mol. The van der Waals surface area contributed by atoms with Crippen molar-refractivity contribution in [2.45, 2.75) is 19.1 Å². The molecule has 0 spiro atoms. The maximum absolute atomic E-state index is 13.9. The third-order valence-electron chi connectivity index (χ3n) is 3.07. The Labute approximate surface area is 105 Å². The number of aliphatic hydroxyl groups excluding tert-OH is 2. The summed E-state index contributed by atoms with van der Waals surface area (Å²) in [5.74, 6) is -0.161. The molecule has 2 rings (SSSR count). The molecule has 6 heteroatoms. The van der Waals surface area contributed by atoms with Crippen LogP contribution in [-0.4, -0.2) is 47.5 Å². The van der Waals surface area contributed by atoms with Gasteiger partial charge in [-0.3, -0.25) is 0 Å². The summed E-state index contributed by atoms with van der Waals surface area (Å²) >= 11 is 0. The van der Waals surface area contributed by atoms with Crippen molar-refractivity contribution in [1.82, 2.24) is 10.3 Å². The zero-order chi connectivity index (χ0) is 13.1. The second-order valence-corrected chi connectivity index (χ2v) is 4.57. The Bertz CT molecular complexity index is 416. The van der Waals surface area contributed by atoms with Gasteiger partial charge in [-0.15, -0.1) is 0 Å². The summed E-state index contributed by atoms with van der Waals surface area (Å²) in [6, 6.07) is 1.53. The fourth-order valence-corrected chi connectivity index (χ4v) is 2.09. The topological polar surface area (TPSA) is 68.6 Å². The summed E-state index contributed by atoms with van der Waals surface area (Å²) in [5, 5.41) is 21.5. The van der Waals surface area contributed by atoms with Gasteiger partial charge in [0.05, 0.1) is 6.61 Å². The molecule has 1 fully saturated rings. The standard InChI is InChI=1S/C12H18FN3O2/c1-8-6-16(3-2-14-8)12-10(13)4-9(5-15-12)11(18)7-17/h4-5,8,11,14,17-18H,2-3,6-7H2,1H3. The summed E-state index contributed by atoms with van der Waals surface area (Å²) in [6.07, 6.45) is 0.328. The van der Waals surface area contributed by atoms with Crippen LogP contribution in [0.1, 0.15) is 18.6 Å². The molecular formula is C12H18FN3O2. The van der Waals surface area contributed by atoms with Crippen molar-refractivity contribution in [2.24, 2.45) is 0 Å². The van der Waals surface area contributed by atoms with Gasteiger partial charge in [-0.1, -0.05) is 0 Å².